The Hall–Kier alpha value is -2.87. The van der Waals surface area contributed by atoms with Crippen LogP contribution in [0.1, 0.15) is 43.7 Å². The van der Waals surface area contributed by atoms with Crippen LogP contribution in [0, 0.1) is 6.92 Å². The SMILES string of the molecule is COc1ccc(S(=O)(=O)Nc2c(C)cccc2C(C)C)cc1N1C(=O)CCC1=O. The predicted octanol–water partition coefficient (Wildman–Crippen LogP) is 3.58. The Bertz CT molecular complexity index is 1060. The highest BCUT2D eigenvalue weighted by atomic mass is 32.2. The summed E-state index contributed by atoms with van der Waals surface area (Å²) in [6.07, 6.45) is 0.191. The summed E-state index contributed by atoms with van der Waals surface area (Å²) in [5.41, 5.74) is 2.36. The van der Waals surface area contributed by atoms with Crippen LogP contribution in [0.4, 0.5) is 11.4 Å². The van der Waals surface area contributed by atoms with E-state index >= 15 is 0 Å². The summed E-state index contributed by atoms with van der Waals surface area (Å²) >= 11 is 0. The van der Waals surface area contributed by atoms with Gasteiger partial charge in [0, 0.05) is 12.8 Å². The third kappa shape index (κ3) is 3.98. The molecule has 0 radical (unpaired) electrons. The number of imide groups is 1. The van der Waals surface area contributed by atoms with E-state index in [0.29, 0.717) is 5.69 Å². The maximum atomic E-state index is 13.1. The highest BCUT2D eigenvalue weighted by Crippen LogP contribution is 2.35. The summed E-state index contributed by atoms with van der Waals surface area (Å²) in [7, 11) is -2.56. The number of ether oxygens (including phenoxy) is 1. The molecular weight excluding hydrogens is 392 g/mol. The Morgan fingerprint density at radius 1 is 1.07 bits per heavy atom. The van der Waals surface area contributed by atoms with E-state index in [0.717, 1.165) is 16.0 Å². The molecule has 1 aliphatic heterocycles. The second-order valence-electron chi connectivity index (χ2n) is 7.26. The summed E-state index contributed by atoms with van der Waals surface area (Å²) in [5.74, 6) is -0.376. The van der Waals surface area contributed by atoms with E-state index in [1.165, 1.54) is 25.3 Å². The highest BCUT2D eigenvalue weighted by molar-refractivity contribution is 7.92. The lowest BCUT2D eigenvalue weighted by Gasteiger charge is -2.20. The molecule has 7 nitrogen and oxygen atoms in total. The van der Waals surface area contributed by atoms with Gasteiger partial charge < -0.3 is 4.74 Å². The van der Waals surface area contributed by atoms with Crippen LogP contribution in [0.2, 0.25) is 0 Å². The number of amides is 2. The number of para-hydroxylation sites is 1. The van der Waals surface area contributed by atoms with Gasteiger partial charge in [0.15, 0.2) is 0 Å². The zero-order valence-electron chi connectivity index (χ0n) is 16.9. The Morgan fingerprint density at radius 2 is 1.72 bits per heavy atom. The molecule has 1 heterocycles. The van der Waals surface area contributed by atoms with Gasteiger partial charge in [-0.15, -0.1) is 0 Å². The van der Waals surface area contributed by atoms with Crippen molar-refractivity contribution in [3.05, 3.63) is 47.5 Å². The topological polar surface area (TPSA) is 92.8 Å². The monoisotopic (exact) mass is 416 g/mol. The summed E-state index contributed by atoms with van der Waals surface area (Å²) in [6, 6.07) is 9.75. The number of nitrogens with one attached hydrogen (secondary N) is 1. The predicted molar refractivity (Wildman–Crippen MR) is 111 cm³/mol. The molecule has 2 amide bonds. The van der Waals surface area contributed by atoms with E-state index in [9.17, 15) is 18.0 Å². The lowest BCUT2D eigenvalue weighted by molar-refractivity contribution is -0.121. The van der Waals surface area contributed by atoms with Gasteiger partial charge in [0.05, 0.1) is 23.4 Å². The van der Waals surface area contributed by atoms with Gasteiger partial charge in [-0.2, -0.15) is 0 Å². The minimum atomic E-state index is -3.96. The van der Waals surface area contributed by atoms with E-state index < -0.39 is 10.0 Å². The number of carbonyl (C=O) groups excluding carboxylic acids is 2. The minimum absolute atomic E-state index is 0.0567. The van der Waals surface area contributed by atoms with Crippen LogP contribution in [-0.4, -0.2) is 27.3 Å². The molecule has 3 rings (SSSR count). The highest BCUT2D eigenvalue weighted by Gasteiger charge is 2.33. The number of hydrogen-bond acceptors (Lipinski definition) is 5. The Morgan fingerprint density at radius 3 is 2.31 bits per heavy atom. The first kappa shape index (κ1) is 20.9. The molecular formula is C21H24N2O5S. The summed E-state index contributed by atoms with van der Waals surface area (Å²) in [6.45, 7) is 5.82. The zero-order chi connectivity index (χ0) is 21.3. The van der Waals surface area contributed by atoms with Crippen LogP contribution in [0.15, 0.2) is 41.3 Å². The van der Waals surface area contributed by atoms with Gasteiger partial charge >= 0.3 is 0 Å². The maximum Gasteiger partial charge on any atom is 0.261 e. The molecule has 29 heavy (non-hydrogen) atoms. The fourth-order valence-corrected chi connectivity index (χ4v) is 4.54. The molecule has 0 spiro atoms. The van der Waals surface area contributed by atoms with Crippen molar-refractivity contribution >= 4 is 33.2 Å². The molecule has 0 aliphatic carbocycles. The van der Waals surface area contributed by atoms with Crippen LogP contribution in [0.25, 0.3) is 0 Å². The van der Waals surface area contributed by atoms with Gasteiger partial charge in [-0.25, -0.2) is 13.3 Å². The lowest BCUT2D eigenvalue weighted by atomic mass is 9.99. The second-order valence-corrected chi connectivity index (χ2v) is 8.94. The molecule has 1 aliphatic rings. The number of aryl methyl sites for hydroxylation is 1. The van der Waals surface area contributed by atoms with E-state index in [1.54, 1.807) is 0 Å². The first-order chi connectivity index (χ1) is 13.7. The van der Waals surface area contributed by atoms with Crippen molar-refractivity contribution in [1.29, 1.82) is 0 Å². The van der Waals surface area contributed by atoms with Crippen LogP contribution in [0.3, 0.4) is 0 Å². The quantitative estimate of drug-likeness (QED) is 0.727. The fraction of sp³-hybridized carbons (Fsp3) is 0.333. The van der Waals surface area contributed by atoms with Crippen LogP contribution in [-0.2, 0) is 19.6 Å². The Balaban J connectivity index is 2.06. The number of benzene rings is 2. The van der Waals surface area contributed by atoms with Crippen molar-refractivity contribution < 1.29 is 22.7 Å². The number of carbonyl (C=O) groups is 2. The van der Waals surface area contributed by atoms with Crippen LogP contribution in [0.5, 0.6) is 5.75 Å². The maximum absolute atomic E-state index is 13.1. The molecule has 0 saturated carbocycles. The summed E-state index contributed by atoms with van der Waals surface area (Å²) < 4.78 is 34.2. The molecule has 154 valence electrons. The Labute approximate surface area is 170 Å². The van der Waals surface area contributed by atoms with Crippen molar-refractivity contribution in [3.8, 4) is 5.75 Å². The molecule has 0 atom stereocenters. The fourth-order valence-electron chi connectivity index (χ4n) is 3.36. The average Bonchev–Trinajstić information content (AvgIpc) is 3.00. The normalized spacial score (nSPS) is 14.6. The standard InChI is InChI=1S/C21H24N2O5S/c1-13(2)16-7-5-6-14(3)21(16)22-29(26,27)15-8-9-18(28-4)17(12-15)23-19(24)10-11-20(23)25/h5-9,12-13,22H,10-11H2,1-4H3. The van der Waals surface area contributed by atoms with Gasteiger partial charge in [0.25, 0.3) is 10.0 Å². The molecule has 2 aromatic carbocycles. The van der Waals surface area contributed by atoms with Crippen molar-refractivity contribution in [3.63, 3.8) is 0 Å². The number of anilines is 2. The number of sulfonamides is 1. The van der Waals surface area contributed by atoms with E-state index in [-0.39, 0.29) is 46.9 Å². The number of nitrogens with zero attached hydrogens (tertiary/aromatic N) is 1. The van der Waals surface area contributed by atoms with E-state index in [4.69, 9.17) is 4.74 Å². The first-order valence-electron chi connectivity index (χ1n) is 9.32. The Kier molecular flexibility index (Phi) is 5.66. The molecule has 0 aromatic heterocycles. The molecule has 1 saturated heterocycles. The molecule has 1 fully saturated rings. The van der Waals surface area contributed by atoms with Gasteiger partial charge in [-0.3, -0.25) is 14.3 Å². The average molecular weight is 416 g/mol. The van der Waals surface area contributed by atoms with Gasteiger partial charge in [-0.05, 0) is 42.2 Å². The van der Waals surface area contributed by atoms with Gasteiger partial charge in [0.1, 0.15) is 5.75 Å². The van der Waals surface area contributed by atoms with Gasteiger partial charge in [0.2, 0.25) is 11.8 Å². The number of hydrogen-bond donors (Lipinski definition) is 1. The molecule has 0 unspecified atom stereocenters. The van der Waals surface area contributed by atoms with Crippen molar-refractivity contribution in [2.24, 2.45) is 0 Å². The summed E-state index contributed by atoms with van der Waals surface area (Å²) in [5, 5.41) is 0. The molecule has 1 N–H and O–H groups in total. The van der Waals surface area contributed by atoms with E-state index in [1.807, 2.05) is 39.0 Å². The number of rotatable bonds is 6. The smallest absolute Gasteiger partial charge is 0.261 e. The molecule has 2 aromatic rings. The zero-order valence-corrected chi connectivity index (χ0v) is 17.7. The van der Waals surface area contributed by atoms with Crippen molar-refractivity contribution in [1.82, 2.24) is 0 Å². The van der Waals surface area contributed by atoms with Gasteiger partial charge in [-0.1, -0.05) is 32.0 Å². The van der Waals surface area contributed by atoms with Crippen LogP contribution < -0.4 is 14.4 Å². The molecule has 0 bridgehead atoms. The first-order valence-corrected chi connectivity index (χ1v) is 10.8. The third-order valence-electron chi connectivity index (χ3n) is 4.92. The number of methoxy groups -OCH3 is 1. The summed E-state index contributed by atoms with van der Waals surface area (Å²) in [4.78, 5) is 25.2. The molecule has 8 heteroatoms. The largest absolute Gasteiger partial charge is 0.495 e. The van der Waals surface area contributed by atoms with Crippen LogP contribution >= 0.6 is 0 Å². The minimum Gasteiger partial charge on any atom is -0.495 e. The van der Waals surface area contributed by atoms with Crippen molar-refractivity contribution in [2.45, 2.75) is 44.4 Å². The van der Waals surface area contributed by atoms with E-state index in [2.05, 4.69) is 4.72 Å². The second kappa shape index (κ2) is 7.87. The van der Waals surface area contributed by atoms with Crippen molar-refractivity contribution in [2.75, 3.05) is 16.7 Å². The third-order valence-corrected chi connectivity index (χ3v) is 6.26. The lowest BCUT2D eigenvalue weighted by Crippen LogP contribution is -2.29.